The number of hydrogen-bond donors (Lipinski definition) is 0. The molecule has 0 unspecified atom stereocenters. The fourth-order valence-electron chi connectivity index (χ4n) is 5.39. The third-order valence-corrected chi connectivity index (χ3v) is 8.32. The molecule has 4 aromatic heterocycles. The third-order valence-electron chi connectivity index (χ3n) is 7.18. The smallest absolute Gasteiger partial charge is 0.137 e. The van der Waals surface area contributed by atoms with Crippen LogP contribution in [0.1, 0.15) is 0 Å². The minimum Gasteiger partial charge on any atom is -0.456 e. The van der Waals surface area contributed by atoms with Gasteiger partial charge < -0.3 is 9.32 Å². The van der Waals surface area contributed by atoms with E-state index in [1.54, 1.807) is 6.20 Å². The Morgan fingerprint density at radius 1 is 0.564 bits per heavy atom. The quantitative estimate of drug-likeness (QED) is 0.232. The highest BCUT2D eigenvalue weighted by Crippen LogP contribution is 2.42. The van der Waals surface area contributed by atoms with Gasteiger partial charge in [-0.2, -0.15) is 0 Å². The van der Waals surface area contributed by atoms with Gasteiger partial charge in [-0.15, -0.1) is 11.3 Å². The van der Waals surface area contributed by atoms with E-state index >= 15 is 0 Å². The number of hydrogen-bond acceptors (Lipinski definition) is 5. The van der Waals surface area contributed by atoms with Crippen LogP contribution in [0.15, 0.2) is 132 Å². The van der Waals surface area contributed by atoms with Gasteiger partial charge in [0.05, 0.1) is 17.6 Å². The first-order valence-electron chi connectivity index (χ1n) is 12.8. The van der Waals surface area contributed by atoms with Gasteiger partial charge in [0.1, 0.15) is 11.2 Å². The highest BCUT2D eigenvalue weighted by Gasteiger charge is 2.17. The van der Waals surface area contributed by atoms with Crippen molar-refractivity contribution in [2.75, 3.05) is 4.90 Å². The molecule has 0 bridgehead atoms. The average molecular weight is 520 g/mol. The number of rotatable bonds is 4. The van der Waals surface area contributed by atoms with Gasteiger partial charge in [0.15, 0.2) is 0 Å². The average Bonchev–Trinajstić information content (AvgIpc) is 3.54. The lowest BCUT2D eigenvalue weighted by Gasteiger charge is -2.25. The van der Waals surface area contributed by atoms with Crippen LogP contribution in [0.5, 0.6) is 0 Å². The Kier molecular flexibility index (Phi) is 4.96. The summed E-state index contributed by atoms with van der Waals surface area (Å²) in [5.41, 5.74) is 6.75. The third kappa shape index (κ3) is 3.67. The fourth-order valence-corrected chi connectivity index (χ4v) is 6.52. The van der Waals surface area contributed by atoms with Crippen molar-refractivity contribution >= 4 is 70.5 Å². The van der Waals surface area contributed by atoms with Crippen molar-refractivity contribution in [1.82, 2.24) is 9.97 Å². The van der Waals surface area contributed by atoms with E-state index in [-0.39, 0.29) is 0 Å². The lowest BCUT2D eigenvalue weighted by atomic mass is 10.1. The number of fused-ring (bicyclic) bond motifs is 6. The monoisotopic (exact) mass is 519 g/mol. The molecule has 5 heteroatoms. The molecule has 4 heterocycles. The van der Waals surface area contributed by atoms with E-state index in [0.717, 1.165) is 50.3 Å². The van der Waals surface area contributed by atoms with E-state index in [9.17, 15) is 0 Å². The molecule has 0 aliphatic heterocycles. The first-order valence-corrected chi connectivity index (χ1v) is 13.6. The Balaban J connectivity index is 1.30. The summed E-state index contributed by atoms with van der Waals surface area (Å²) in [5, 5.41) is 4.77. The molecule has 8 aromatic rings. The summed E-state index contributed by atoms with van der Waals surface area (Å²) < 4.78 is 9.06. The summed E-state index contributed by atoms with van der Waals surface area (Å²) >= 11 is 1.83. The van der Waals surface area contributed by atoms with Gasteiger partial charge in [0.2, 0.25) is 0 Å². The minimum atomic E-state index is 0.860. The highest BCUT2D eigenvalue weighted by molar-refractivity contribution is 7.25. The molecule has 0 atom stereocenters. The Hall–Kier alpha value is -5.00. The Morgan fingerprint density at radius 3 is 2.33 bits per heavy atom. The summed E-state index contributed by atoms with van der Waals surface area (Å²) in [6.07, 6.45) is 5.50. The molecule has 0 aliphatic rings. The van der Waals surface area contributed by atoms with Crippen LogP contribution < -0.4 is 4.90 Å². The molecule has 0 radical (unpaired) electrons. The summed E-state index contributed by atoms with van der Waals surface area (Å²) in [7, 11) is 0. The van der Waals surface area contributed by atoms with E-state index in [1.807, 2.05) is 48.0 Å². The number of furan rings is 1. The fraction of sp³-hybridized carbons (Fsp3) is 0. The second kappa shape index (κ2) is 8.79. The predicted octanol–water partition coefficient (Wildman–Crippen LogP) is 9.88. The number of nitrogens with zero attached hydrogens (tertiary/aromatic N) is 3. The Bertz CT molecular complexity index is 2130. The van der Waals surface area contributed by atoms with Gasteiger partial charge in [0, 0.05) is 66.3 Å². The molecule has 0 aliphatic carbocycles. The number of benzene rings is 4. The van der Waals surface area contributed by atoms with E-state index in [2.05, 4.69) is 99.8 Å². The second-order valence-corrected chi connectivity index (χ2v) is 10.6. The summed E-state index contributed by atoms with van der Waals surface area (Å²) in [6, 6.07) is 37.9. The van der Waals surface area contributed by atoms with Crippen molar-refractivity contribution in [1.29, 1.82) is 0 Å². The maximum absolute atomic E-state index is 6.49. The largest absolute Gasteiger partial charge is 0.456 e. The molecule has 0 fully saturated rings. The van der Waals surface area contributed by atoms with Crippen LogP contribution in [0.3, 0.4) is 0 Å². The van der Waals surface area contributed by atoms with Crippen LogP contribution in [-0.4, -0.2) is 9.97 Å². The molecule has 4 nitrogen and oxygen atoms in total. The van der Waals surface area contributed by atoms with Crippen LogP contribution in [0.4, 0.5) is 17.1 Å². The topological polar surface area (TPSA) is 42.2 Å². The van der Waals surface area contributed by atoms with Crippen molar-refractivity contribution in [2.24, 2.45) is 0 Å². The second-order valence-electron chi connectivity index (χ2n) is 9.54. The van der Waals surface area contributed by atoms with Gasteiger partial charge in [-0.25, -0.2) is 0 Å². The molecular formula is C34H21N3OS. The number of pyridine rings is 2. The summed E-state index contributed by atoms with van der Waals surface area (Å²) in [4.78, 5) is 11.2. The van der Waals surface area contributed by atoms with E-state index in [4.69, 9.17) is 4.42 Å². The van der Waals surface area contributed by atoms with Crippen molar-refractivity contribution in [2.45, 2.75) is 0 Å². The van der Waals surface area contributed by atoms with Crippen LogP contribution in [0, 0.1) is 0 Å². The Morgan fingerprint density at radius 2 is 1.44 bits per heavy atom. The molecular weight excluding hydrogens is 498 g/mol. The molecule has 0 spiro atoms. The molecule has 0 N–H and O–H groups in total. The highest BCUT2D eigenvalue weighted by atomic mass is 32.1. The maximum atomic E-state index is 6.49. The number of aromatic nitrogens is 2. The Labute approximate surface area is 228 Å². The van der Waals surface area contributed by atoms with Crippen molar-refractivity contribution < 1.29 is 4.42 Å². The van der Waals surface area contributed by atoms with Gasteiger partial charge in [-0.1, -0.05) is 36.4 Å². The van der Waals surface area contributed by atoms with Crippen molar-refractivity contribution in [3.63, 3.8) is 0 Å². The lowest BCUT2D eigenvalue weighted by Crippen LogP contribution is -2.10. The maximum Gasteiger partial charge on any atom is 0.137 e. The molecule has 8 rings (SSSR count). The standard InChI is InChI=1S/C34H21N3OS/c1-2-12-33-27(10-1)29-19-32-28(20-34(29)39-33)26-14-13-24(18-31(26)38-32)37(25-9-6-15-35-21-25)23-8-5-7-22(17-23)30-11-3-4-16-36-30/h1-21H. The normalized spacial score (nSPS) is 11.6. The molecule has 184 valence electrons. The first kappa shape index (κ1) is 22.0. The molecule has 39 heavy (non-hydrogen) atoms. The van der Waals surface area contributed by atoms with Crippen LogP contribution in [0.25, 0.3) is 53.4 Å². The van der Waals surface area contributed by atoms with Crippen molar-refractivity contribution in [3.8, 4) is 11.3 Å². The minimum absolute atomic E-state index is 0.860. The molecule has 0 saturated heterocycles. The van der Waals surface area contributed by atoms with E-state index < -0.39 is 0 Å². The zero-order valence-corrected chi connectivity index (χ0v) is 21.6. The first-order chi connectivity index (χ1) is 19.3. The van der Waals surface area contributed by atoms with Crippen LogP contribution in [-0.2, 0) is 0 Å². The zero-order valence-electron chi connectivity index (χ0n) is 20.8. The van der Waals surface area contributed by atoms with Gasteiger partial charge >= 0.3 is 0 Å². The SMILES string of the molecule is c1ccc(-c2cccc(N(c3cccnc3)c3ccc4c(c3)oc3cc5c(cc34)sc3ccccc35)c2)nc1. The summed E-state index contributed by atoms with van der Waals surface area (Å²) in [5.74, 6) is 0. The zero-order chi connectivity index (χ0) is 25.8. The van der Waals surface area contributed by atoms with E-state index in [1.165, 1.54) is 20.2 Å². The van der Waals surface area contributed by atoms with Crippen molar-refractivity contribution in [3.05, 3.63) is 128 Å². The lowest BCUT2D eigenvalue weighted by molar-refractivity contribution is 0.669. The van der Waals surface area contributed by atoms with Crippen LogP contribution in [0.2, 0.25) is 0 Å². The van der Waals surface area contributed by atoms with E-state index in [0.29, 0.717) is 0 Å². The van der Waals surface area contributed by atoms with Crippen LogP contribution >= 0.6 is 11.3 Å². The van der Waals surface area contributed by atoms with Gasteiger partial charge in [-0.3, -0.25) is 9.97 Å². The predicted molar refractivity (Wildman–Crippen MR) is 162 cm³/mol. The summed E-state index contributed by atoms with van der Waals surface area (Å²) in [6.45, 7) is 0. The van der Waals surface area contributed by atoms with Gasteiger partial charge in [-0.05, 0) is 66.7 Å². The molecule has 4 aromatic carbocycles. The number of thiophene rings is 1. The number of anilines is 3. The molecule has 0 amide bonds. The molecule has 0 saturated carbocycles. The van der Waals surface area contributed by atoms with Gasteiger partial charge in [0.25, 0.3) is 0 Å².